The van der Waals surface area contributed by atoms with Crippen molar-refractivity contribution in [3.8, 4) is 0 Å². The third-order valence-electron chi connectivity index (χ3n) is 8.69. The van der Waals surface area contributed by atoms with Crippen molar-refractivity contribution in [1.82, 2.24) is 14.7 Å². The van der Waals surface area contributed by atoms with Crippen LogP contribution in [0.25, 0.3) is 0 Å². The Labute approximate surface area is 237 Å². The molecule has 3 saturated heterocycles. The summed E-state index contributed by atoms with van der Waals surface area (Å²) in [5.41, 5.74) is 1.02. The highest BCUT2D eigenvalue weighted by Gasteiger charge is 2.77. The van der Waals surface area contributed by atoms with Crippen molar-refractivity contribution in [3.05, 3.63) is 61.2 Å². The summed E-state index contributed by atoms with van der Waals surface area (Å²) in [6.45, 7) is 13.6. The predicted octanol–water partition coefficient (Wildman–Crippen LogP) is 3.88. The van der Waals surface area contributed by atoms with Gasteiger partial charge < -0.3 is 19.8 Å². The SMILES string of the molecule is C=CCN(CCCCC)C(=O)C1N(CCO)C(=O)[C@@H]2[C@@H](C(=O)N(CC=C)Cc3ccccc3)[C@@]3(C)CCC12S3. The van der Waals surface area contributed by atoms with Crippen LogP contribution >= 0.6 is 11.8 Å². The first-order chi connectivity index (χ1) is 18.8. The van der Waals surface area contributed by atoms with E-state index in [1.165, 1.54) is 0 Å². The second-order valence-electron chi connectivity index (χ2n) is 11.3. The smallest absolute Gasteiger partial charge is 0.247 e. The van der Waals surface area contributed by atoms with E-state index in [0.717, 1.165) is 31.2 Å². The minimum Gasteiger partial charge on any atom is -0.395 e. The van der Waals surface area contributed by atoms with Crippen LogP contribution < -0.4 is 0 Å². The second kappa shape index (κ2) is 12.3. The van der Waals surface area contributed by atoms with Crippen LogP contribution in [0.2, 0.25) is 0 Å². The second-order valence-corrected chi connectivity index (χ2v) is 13.2. The van der Waals surface area contributed by atoms with E-state index in [-0.39, 0.29) is 30.9 Å². The molecular formula is C31H43N3O4S. The van der Waals surface area contributed by atoms with Crippen molar-refractivity contribution in [2.24, 2.45) is 11.8 Å². The molecule has 1 N–H and O–H groups in total. The monoisotopic (exact) mass is 553 g/mol. The molecule has 3 aliphatic heterocycles. The number of carbonyl (C=O) groups is 3. The lowest BCUT2D eigenvalue weighted by Crippen LogP contribution is -2.55. The molecule has 0 saturated carbocycles. The minimum atomic E-state index is -0.699. The van der Waals surface area contributed by atoms with E-state index in [1.54, 1.807) is 33.7 Å². The summed E-state index contributed by atoms with van der Waals surface area (Å²) in [6, 6.07) is 9.14. The van der Waals surface area contributed by atoms with Gasteiger partial charge in [0.1, 0.15) is 6.04 Å². The highest BCUT2D eigenvalue weighted by molar-refractivity contribution is 8.02. The van der Waals surface area contributed by atoms with Gasteiger partial charge in [0.15, 0.2) is 0 Å². The Morgan fingerprint density at radius 1 is 1.10 bits per heavy atom. The molecule has 5 atom stereocenters. The van der Waals surface area contributed by atoms with Crippen molar-refractivity contribution < 1.29 is 19.5 Å². The molecule has 0 aromatic heterocycles. The molecule has 1 spiro atoms. The number of rotatable bonds is 14. The summed E-state index contributed by atoms with van der Waals surface area (Å²) < 4.78 is -1.13. The van der Waals surface area contributed by atoms with E-state index in [2.05, 4.69) is 27.0 Å². The molecule has 212 valence electrons. The first-order valence-corrected chi connectivity index (χ1v) is 15.0. The molecule has 39 heavy (non-hydrogen) atoms. The Kier molecular flexibility index (Phi) is 9.27. The van der Waals surface area contributed by atoms with Gasteiger partial charge in [0.25, 0.3) is 0 Å². The summed E-state index contributed by atoms with van der Waals surface area (Å²) >= 11 is 1.67. The molecule has 1 aromatic carbocycles. The third-order valence-corrected chi connectivity index (χ3v) is 10.7. The molecule has 3 heterocycles. The maximum Gasteiger partial charge on any atom is 0.247 e. The number of hydrogen-bond acceptors (Lipinski definition) is 5. The van der Waals surface area contributed by atoms with Gasteiger partial charge in [-0.05, 0) is 31.7 Å². The van der Waals surface area contributed by atoms with Gasteiger partial charge in [0.2, 0.25) is 17.7 Å². The Hall–Kier alpha value is -2.58. The average molecular weight is 554 g/mol. The molecule has 8 heteroatoms. The summed E-state index contributed by atoms with van der Waals surface area (Å²) in [5.74, 6) is -1.47. The third kappa shape index (κ3) is 5.30. The molecule has 3 aliphatic rings. The fourth-order valence-corrected chi connectivity index (χ4v) is 9.33. The summed E-state index contributed by atoms with van der Waals surface area (Å²) in [6.07, 6.45) is 7.86. The highest BCUT2D eigenvalue weighted by atomic mass is 32.2. The van der Waals surface area contributed by atoms with Gasteiger partial charge >= 0.3 is 0 Å². The standard InChI is InChI=1S/C31H43N3O4S/c1-5-8-12-19-32(17-6-2)29(38)26-31-16-15-30(4,39-31)24(25(31)28(37)34(26)20-21-35)27(36)33(18-7-3)22-23-13-10-9-11-14-23/h6-7,9-11,13-14,24-26,35H,2-3,5,8,12,15-22H2,1,4H3/t24-,25-,26?,30+,31?/m0/s1. The van der Waals surface area contributed by atoms with E-state index in [4.69, 9.17) is 0 Å². The van der Waals surface area contributed by atoms with Crippen LogP contribution in [0.15, 0.2) is 55.6 Å². The topological polar surface area (TPSA) is 81.2 Å². The van der Waals surface area contributed by atoms with Crippen LogP contribution in [0, 0.1) is 11.8 Å². The number of carbonyl (C=O) groups excluding carboxylic acids is 3. The first-order valence-electron chi connectivity index (χ1n) is 14.2. The number of amides is 3. The van der Waals surface area contributed by atoms with Crippen LogP contribution in [0.3, 0.4) is 0 Å². The molecule has 1 aromatic rings. The Morgan fingerprint density at radius 2 is 1.79 bits per heavy atom. The van der Waals surface area contributed by atoms with Crippen LogP contribution in [-0.2, 0) is 20.9 Å². The lowest BCUT2D eigenvalue weighted by molar-refractivity contribution is -0.146. The number of unbranched alkanes of at least 4 members (excludes halogenated alkanes) is 2. The maximum absolute atomic E-state index is 14.3. The van der Waals surface area contributed by atoms with Gasteiger partial charge in [-0.3, -0.25) is 14.4 Å². The van der Waals surface area contributed by atoms with Crippen LogP contribution in [-0.4, -0.2) is 85.8 Å². The molecule has 2 bridgehead atoms. The molecule has 7 nitrogen and oxygen atoms in total. The predicted molar refractivity (Wildman–Crippen MR) is 156 cm³/mol. The molecule has 2 unspecified atom stereocenters. The quantitative estimate of drug-likeness (QED) is 0.279. The number of aliphatic hydroxyl groups is 1. The summed E-state index contributed by atoms with van der Waals surface area (Å²) in [4.78, 5) is 47.8. The molecular weight excluding hydrogens is 510 g/mol. The minimum absolute atomic E-state index is 0.0587. The fourth-order valence-electron chi connectivity index (χ4n) is 6.99. The van der Waals surface area contributed by atoms with Gasteiger partial charge in [0, 0.05) is 37.5 Å². The normalized spacial score (nSPS) is 28.8. The number of β-amino-alcohol motifs (C(OH)–C–C–N with tert-alkyl or cyclic N) is 1. The molecule has 0 aliphatic carbocycles. The average Bonchev–Trinajstić information content (AvgIpc) is 3.49. The van der Waals surface area contributed by atoms with Crippen molar-refractivity contribution in [2.45, 2.75) is 68.0 Å². The van der Waals surface area contributed by atoms with Crippen LogP contribution in [0.5, 0.6) is 0 Å². The zero-order valence-electron chi connectivity index (χ0n) is 23.4. The van der Waals surface area contributed by atoms with Crippen molar-refractivity contribution >= 4 is 29.5 Å². The number of hydrogen-bond donors (Lipinski definition) is 1. The van der Waals surface area contributed by atoms with Crippen LogP contribution in [0.1, 0.15) is 51.5 Å². The molecule has 3 fully saturated rings. The van der Waals surface area contributed by atoms with Gasteiger partial charge in [-0.2, -0.15) is 0 Å². The van der Waals surface area contributed by atoms with Crippen molar-refractivity contribution in [2.75, 3.05) is 32.8 Å². The number of benzene rings is 1. The lowest BCUT2D eigenvalue weighted by atomic mass is 9.66. The molecule has 0 radical (unpaired) electrons. The maximum atomic E-state index is 14.3. The molecule has 4 rings (SSSR count). The number of aliphatic hydroxyl groups excluding tert-OH is 1. The zero-order chi connectivity index (χ0) is 28.2. The van der Waals surface area contributed by atoms with E-state index < -0.39 is 27.4 Å². The van der Waals surface area contributed by atoms with E-state index in [0.29, 0.717) is 32.6 Å². The summed E-state index contributed by atoms with van der Waals surface area (Å²) in [7, 11) is 0. The van der Waals surface area contributed by atoms with E-state index >= 15 is 0 Å². The van der Waals surface area contributed by atoms with Crippen molar-refractivity contribution in [1.29, 1.82) is 0 Å². The fraction of sp³-hybridized carbons (Fsp3) is 0.581. The number of fused-ring (bicyclic) bond motifs is 1. The van der Waals surface area contributed by atoms with Gasteiger partial charge in [-0.25, -0.2) is 0 Å². The van der Waals surface area contributed by atoms with E-state index in [1.807, 2.05) is 35.2 Å². The Morgan fingerprint density at radius 3 is 2.44 bits per heavy atom. The highest BCUT2D eigenvalue weighted by Crippen LogP contribution is 2.71. The van der Waals surface area contributed by atoms with Crippen LogP contribution in [0.4, 0.5) is 0 Å². The number of nitrogens with zero attached hydrogens (tertiary/aromatic N) is 3. The molecule has 3 amide bonds. The van der Waals surface area contributed by atoms with Gasteiger partial charge in [-0.15, -0.1) is 24.9 Å². The van der Waals surface area contributed by atoms with Crippen molar-refractivity contribution in [3.63, 3.8) is 0 Å². The Bertz CT molecular complexity index is 1080. The Balaban J connectivity index is 1.70. The zero-order valence-corrected chi connectivity index (χ0v) is 24.2. The summed E-state index contributed by atoms with van der Waals surface area (Å²) in [5, 5.41) is 9.91. The van der Waals surface area contributed by atoms with Gasteiger partial charge in [0.05, 0.1) is 23.2 Å². The van der Waals surface area contributed by atoms with E-state index in [9.17, 15) is 19.5 Å². The first kappa shape index (κ1) is 29.4. The number of likely N-dealkylation sites (tertiary alicyclic amines) is 1. The lowest BCUT2D eigenvalue weighted by Gasteiger charge is -2.38. The largest absolute Gasteiger partial charge is 0.395 e. The van der Waals surface area contributed by atoms with Gasteiger partial charge in [-0.1, -0.05) is 62.2 Å². The number of thioether (sulfide) groups is 1.